The summed E-state index contributed by atoms with van der Waals surface area (Å²) in [7, 11) is 0. The lowest BCUT2D eigenvalue weighted by atomic mass is 10.2. The average molecular weight is 242 g/mol. The number of nitriles is 1. The first-order chi connectivity index (χ1) is 7.96. The summed E-state index contributed by atoms with van der Waals surface area (Å²) in [5.74, 6) is -1.96. The quantitative estimate of drug-likeness (QED) is 0.817. The second-order valence-corrected chi connectivity index (χ2v) is 3.20. The fourth-order valence-corrected chi connectivity index (χ4v) is 1.27. The van der Waals surface area contributed by atoms with Gasteiger partial charge in [0.1, 0.15) is 0 Å². The van der Waals surface area contributed by atoms with Crippen molar-refractivity contribution in [3.8, 4) is 6.07 Å². The van der Waals surface area contributed by atoms with Gasteiger partial charge in [-0.05, 0) is 12.1 Å². The summed E-state index contributed by atoms with van der Waals surface area (Å²) in [5.41, 5.74) is 0.130. The van der Waals surface area contributed by atoms with E-state index in [0.29, 0.717) is 4.90 Å². The molecule has 1 aromatic carbocycles. The first kappa shape index (κ1) is 13.0. The van der Waals surface area contributed by atoms with Gasteiger partial charge in [0.05, 0.1) is 12.5 Å². The molecule has 0 aromatic heterocycles. The number of benzene rings is 1. The molecule has 0 saturated carbocycles. The lowest BCUT2D eigenvalue weighted by molar-refractivity contribution is -0.170. The number of amides is 1. The molecule has 6 heteroatoms. The van der Waals surface area contributed by atoms with E-state index in [1.54, 1.807) is 12.1 Å². The highest BCUT2D eigenvalue weighted by Gasteiger charge is 2.42. The van der Waals surface area contributed by atoms with Crippen LogP contribution in [0.3, 0.4) is 0 Å². The molecule has 0 aliphatic carbocycles. The van der Waals surface area contributed by atoms with Gasteiger partial charge >= 0.3 is 12.1 Å². The zero-order valence-electron chi connectivity index (χ0n) is 8.74. The number of rotatable bonds is 3. The highest BCUT2D eigenvalue weighted by Crippen LogP contribution is 2.23. The second kappa shape index (κ2) is 5.34. The predicted octanol–water partition coefficient (Wildman–Crippen LogP) is 2.50. The smallest absolute Gasteiger partial charge is 0.304 e. The van der Waals surface area contributed by atoms with Gasteiger partial charge in [0.15, 0.2) is 0 Å². The van der Waals surface area contributed by atoms with E-state index in [-0.39, 0.29) is 18.7 Å². The van der Waals surface area contributed by atoms with Crippen molar-refractivity contribution in [1.82, 2.24) is 0 Å². The number of halogens is 3. The number of carbonyl (C=O) groups excluding carboxylic acids is 1. The van der Waals surface area contributed by atoms with E-state index in [9.17, 15) is 18.0 Å². The third-order valence-corrected chi connectivity index (χ3v) is 2.00. The summed E-state index contributed by atoms with van der Waals surface area (Å²) in [6, 6.07) is 9.17. The molecule has 0 spiro atoms. The average Bonchev–Trinajstić information content (AvgIpc) is 2.29. The van der Waals surface area contributed by atoms with E-state index < -0.39 is 12.1 Å². The molecule has 1 rings (SSSR count). The van der Waals surface area contributed by atoms with Gasteiger partial charge in [0.2, 0.25) is 0 Å². The zero-order valence-corrected chi connectivity index (χ0v) is 8.74. The van der Waals surface area contributed by atoms with Crippen molar-refractivity contribution < 1.29 is 18.0 Å². The summed E-state index contributed by atoms with van der Waals surface area (Å²) in [5, 5.41) is 8.38. The van der Waals surface area contributed by atoms with Crippen molar-refractivity contribution in [3.05, 3.63) is 30.3 Å². The van der Waals surface area contributed by atoms with Crippen LogP contribution in [-0.2, 0) is 4.79 Å². The van der Waals surface area contributed by atoms with Crippen LogP contribution < -0.4 is 4.90 Å². The van der Waals surface area contributed by atoms with Gasteiger partial charge in [0.25, 0.3) is 0 Å². The van der Waals surface area contributed by atoms with Crippen LogP contribution in [0.5, 0.6) is 0 Å². The zero-order chi connectivity index (χ0) is 12.9. The van der Waals surface area contributed by atoms with Crippen molar-refractivity contribution in [1.29, 1.82) is 5.26 Å². The Morgan fingerprint density at radius 2 is 1.88 bits per heavy atom. The van der Waals surface area contributed by atoms with Crippen LogP contribution in [0, 0.1) is 11.3 Å². The van der Waals surface area contributed by atoms with E-state index in [1.807, 2.05) is 0 Å². The largest absolute Gasteiger partial charge is 0.471 e. The van der Waals surface area contributed by atoms with Crippen LogP contribution in [0.2, 0.25) is 0 Å². The van der Waals surface area contributed by atoms with E-state index in [0.717, 1.165) is 0 Å². The number of hydrogen-bond donors (Lipinski definition) is 0. The van der Waals surface area contributed by atoms with Crippen molar-refractivity contribution in [2.45, 2.75) is 12.6 Å². The third-order valence-electron chi connectivity index (χ3n) is 2.00. The number of nitrogens with zero attached hydrogens (tertiary/aromatic N) is 2. The van der Waals surface area contributed by atoms with Crippen LogP contribution in [0.4, 0.5) is 18.9 Å². The second-order valence-electron chi connectivity index (χ2n) is 3.20. The highest BCUT2D eigenvalue weighted by molar-refractivity contribution is 5.97. The van der Waals surface area contributed by atoms with Crippen LogP contribution in [0.15, 0.2) is 30.3 Å². The Bertz CT molecular complexity index is 423. The Labute approximate surface area is 96.1 Å². The van der Waals surface area contributed by atoms with Crippen molar-refractivity contribution in [2.24, 2.45) is 0 Å². The maximum atomic E-state index is 12.3. The molecule has 0 bridgehead atoms. The minimum atomic E-state index is -4.94. The molecule has 90 valence electrons. The third kappa shape index (κ3) is 3.48. The van der Waals surface area contributed by atoms with E-state index in [1.165, 1.54) is 24.3 Å². The SMILES string of the molecule is N#CCCN(C(=O)C(F)(F)F)c1ccccc1. The Hall–Kier alpha value is -2.03. The number of hydrogen-bond acceptors (Lipinski definition) is 2. The maximum absolute atomic E-state index is 12.3. The summed E-state index contributed by atoms with van der Waals surface area (Å²) in [4.78, 5) is 11.7. The number of carbonyl (C=O) groups is 1. The molecule has 17 heavy (non-hydrogen) atoms. The molecule has 3 nitrogen and oxygen atoms in total. The molecule has 1 amide bonds. The first-order valence-electron chi connectivity index (χ1n) is 4.77. The topological polar surface area (TPSA) is 44.1 Å². The molecule has 0 unspecified atom stereocenters. The van der Waals surface area contributed by atoms with E-state index in [4.69, 9.17) is 5.26 Å². The molecule has 0 aliphatic heterocycles. The van der Waals surface area contributed by atoms with Crippen molar-refractivity contribution in [3.63, 3.8) is 0 Å². The highest BCUT2D eigenvalue weighted by atomic mass is 19.4. The molecule has 0 heterocycles. The number of alkyl halides is 3. The van der Waals surface area contributed by atoms with Crippen LogP contribution in [0.25, 0.3) is 0 Å². The predicted molar refractivity (Wildman–Crippen MR) is 55.1 cm³/mol. The molecule has 1 aromatic rings. The molecular formula is C11H9F3N2O. The molecule has 0 radical (unpaired) electrons. The summed E-state index contributed by atoms with van der Waals surface area (Å²) >= 11 is 0. The van der Waals surface area contributed by atoms with Gasteiger partial charge in [-0.25, -0.2) is 0 Å². The Morgan fingerprint density at radius 3 is 2.35 bits per heavy atom. The molecule has 0 saturated heterocycles. The fraction of sp³-hybridized carbons (Fsp3) is 0.273. The Balaban J connectivity index is 2.97. The van der Waals surface area contributed by atoms with Crippen LogP contribution in [0.1, 0.15) is 6.42 Å². The summed E-state index contributed by atoms with van der Waals surface area (Å²) in [6.07, 6.45) is -5.10. The first-order valence-corrected chi connectivity index (χ1v) is 4.77. The minimum absolute atomic E-state index is 0.130. The fourth-order valence-electron chi connectivity index (χ4n) is 1.27. The number of anilines is 1. The lowest BCUT2D eigenvalue weighted by Gasteiger charge is -2.22. The van der Waals surface area contributed by atoms with Gasteiger partial charge in [-0.1, -0.05) is 18.2 Å². The Kier molecular flexibility index (Phi) is 4.10. The molecular weight excluding hydrogens is 233 g/mol. The van der Waals surface area contributed by atoms with Crippen molar-refractivity contribution >= 4 is 11.6 Å². The molecule has 0 aliphatic rings. The van der Waals surface area contributed by atoms with Gasteiger partial charge in [0, 0.05) is 12.2 Å². The standard InChI is InChI=1S/C11H9F3N2O/c12-11(13,14)10(17)16(8-4-7-15)9-5-2-1-3-6-9/h1-3,5-6H,4,8H2. The molecule has 0 fully saturated rings. The van der Waals surface area contributed by atoms with Crippen molar-refractivity contribution in [2.75, 3.05) is 11.4 Å². The van der Waals surface area contributed by atoms with E-state index in [2.05, 4.69) is 0 Å². The summed E-state index contributed by atoms with van der Waals surface area (Å²) in [6.45, 7) is -0.279. The maximum Gasteiger partial charge on any atom is 0.471 e. The minimum Gasteiger partial charge on any atom is -0.304 e. The van der Waals surface area contributed by atoms with Gasteiger partial charge in [-0.2, -0.15) is 18.4 Å². The Morgan fingerprint density at radius 1 is 1.29 bits per heavy atom. The van der Waals surface area contributed by atoms with Crippen LogP contribution >= 0.6 is 0 Å². The summed E-state index contributed by atoms with van der Waals surface area (Å²) < 4.78 is 37.0. The molecule has 0 atom stereocenters. The monoisotopic (exact) mass is 242 g/mol. The molecule has 0 N–H and O–H groups in total. The number of para-hydroxylation sites is 1. The van der Waals surface area contributed by atoms with Gasteiger partial charge in [-0.15, -0.1) is 0 Å². The van der Waals surface area contributed by atoms with Gasteiger partial charge in [-0.3, -0.25) is 4.79 Å². The normalized spacial score (nSPS) is 10.7. The lowest BCUT2D eigenvalue weighted by Crippen LogP contribution is -2.41. The van der Waals surface area contributed by atoms with E-state index >= 15 is 0 Å². The van der Waals surface area contributed by atoms with Crippen LogP contribution in [-0.4, -0.2) is 18.6 Å². The van der Waals surface area contributed by atoms with Gasteiger partial charge < -0.3 is 4.90 Å².